The maximum absolute atomic E-state index is 9.22. The summed E-state index contributed by atoms with van der Waals surface area (Å²) in [5.41, 5.74) is 3.69. The molecule has 3 nitrogen and oxygen atoms in total. The molecule has 0 aromatic heterocycles. The van der Waals surface area contributed by atoms with Crippen LogP contribution in [0.2, 0.25) is 0 Å². The number of aliphatic hydroxyl groups is 1. The van der Waals surface area contributed by atoms with Gasteiger partial charge in [0.25, 0.3) is 0 Å². The van der Waals surface area contributed by atoms with Crippen molar-refractivity contribution in [3.05, 3.63) is 34.9 Å². The number of aliphatic hydroxyl groups excluding tert-OH is 1. The highest BCUT2D eigenvalue weighted by molar-refractivity contribution is 5.99. The van der Waals surface area contributed by atoms with Gasteiger partial charge in [0.1, 0.15) is 7.11 Å². The van der Waals surface area contributed by atoms with Gasteiger partial charge in [0.05, 0.1) is 12.3 Å². The average Bonchev–Trinajstić information content (AvgIpc) is 2.17. The van der Waals surface area contributed by atoms with E-state index in [1.807, 2.05) is 32.0 Å². The van der Waals surface area contributed by atoms with Crippen LogP contribution in [-0.4, -0.2) is 17.9 Å². The van der Waals surface area contributed by atoms with Gasteiger partial charge in [-0.25, -0.2) is 0 Å². The van der Waals surface area contributed by atoms with Crippen molar-refractivity contribution >= 4 is 5.71 Å². The zero-order valence-electron chi connectivity index (χ0n) is 8.74. The first-order valence-corrected chi connectivity index (χ1v) is 4.48. The van der Waals surface area contributed by atoms with Crippen molar-refractivity contribution in [2.75, 3.05) is 7.11 Å². The van der Waals surface area contributed by atoms with E-state index in [0.717, 1.165) is 22.4 Å². The van der Waals surface area contributed by atoms with Crippen molar-refractivity contribution in [1.82, 2.24) is 0 Å². The summed E-state index contributed by atoms with van der Waals surface area (Å²) >= 11 is 0. The van der Waals surface area contributed by atoms with E-state index in [4.69, 9.17) is 4.84 Å². The molecule has 1 rings (SSSR count). The Morgan fingerprint density at radius 3 is 2.79 bits per heavy atom. The predicted octanol–water partition coefficient (Wildman–Crippen LogP) is 1.86. The van der Waals surface area contributed by atoms with E-state index in [9.17, 15) is 5.11 Å². The Labute approximate surface area is 84.0 Å². The van der Waals surface area contributed by atoms with Gasteiger partial charge in [-0.2, -0.15) is 0 Å². The van der Waals surface area contributed by atoms with Gasteiger partial charge >= 0.3 is 0 Å². The molecule has 0 radical (unpaired) electrons. The van der Waals surface area contributed by atoms with Crippen LogP contribution in [0, 0.1) is 6.92 Å². The lowest BCUT2D eigenvalue weighted by molar-refractivity contribution is 0.213. The first-order valence-electron chi connectivity index (χ1n) is 4.48. The maximum Gasteiger partial charge on any atom is 0.106 e. The molecule has 0 spiro atoms. The maximum atomic E-state index is 9.22. The second-order valence-corrected chi connectivity index (χ2v) is 3.12. The van der Waals surface area contributed by atoms with E-state index in [0.29, 0.717) is 0 Å². The molecule has 0 bridgehead atoms. The molecule has 0 unspecified atom stereocenters. The van der Waals surface area contributed by atoms with Gasteiger partial charge in [-0.05, 0) is 25.0 Å². The molecule has 0 atom stereocenters. The third-order valence-corrected chi connectivity index (χ3v) is 2.19. The Morgan fingerprint density at radius 2 is 2.21 bits per heavy atom. The summed E-state index contributed by atoms with van der Waals surface area (Å²) in [6.07, 6.45) is 0. The second-order valence-electron chi connectivity index (χ2n) is 3.12. The standard InChI is InChI=1S/C11H15NO2/c1-8-5-4-6-10(11(8)7-13)9(2)12-14-3/h4-6,13H,7H2,1-3H3/b12-9-. The molecule has 0 aliphatic rings. The van der Waals surface area contributed by atoms with Gasteiger partial charge in [0.15, 0.2) is 0 Å². The Morgan fingerprint density at radius 1 is 1.50 bits per heavy atom. The molecule has 0 aliphatic heterocycles. The van der Waals surface area contributed by atoms with Crippen LogP contribution in [0.25, 0.3) is 0 Å². The lowest BCUT2D eigenvalue weighted by Gasteiger charge is -2.09. The minimum atomic E-state index is 0.0264. The van der Waals surface area contributed by atoms with Crippen molar-refractivity contribution in [3.8, 4) is 0 Å². The Balaban J connectivity index is 3.20. The smallest absolute Gasteiger partial charge is 0.106 e. The van der Waals surface area contributed by atoms with Crippen LogP contribution in [0.5, 0.6) is 0 Å². The van der Waals surface area contributed by atoms with Crippen LogP contribution in [0.15, 0.2) is 23.4 Å². The van der Waals surface area contributed by atoms with Gasteiger partial charge in [0, 0.05) is 5.56 Å². The average molecular weight is 193 g/mol. The Kier molecular flexibility index (Phi) is 3.65. The minimum absolute atomic E-state index is 0.0264. The molecule has 0 saturated carbocycles. The zero-order chi connectivity index (χ0) is 10.6. The molecule has 14 heavy (non-hydrogen) atoms. The molecule has 0 amide bonds. The molecule has 1 N–H and O–H groups in total. The van der Waals surface area contributed by atoms with Gasteiger partial charge in [-0.1, -0.05) is 23.4 Å². The lowest BCUT2D eigenvalue weighted by atomic mass is 10.00. The molecule has 0 aliphatic carbocycles. The van der Waals surface area contributed by atoms with Crippen LogP contribution >= 0.6 is 0 Å². The Bertz CT molecular complexity index is 345. The lowest BCUT2D eigenvalue weighted by Crippen LogP contribution is -2.03. The first-order chi connectivity index (χ1) is 6.70. The molecule has 0 saturated heterocycles. The summed E-state index contributed by atoms with van der Waals surface area (Å²) < 4.78 is 0. The summed E-state index contributed by atoms with van der Waals surface area (Å²) in [5.74, 6) is 0. The molecule has 1 aromatic rings. The number of benzene rings is 1. The number of oxime groups is 1. The summed E-state index contributed by atoms with van der Waals surface area (Å²) in [4.78, 5) is 4.70. The van der Waals surface area contributed by atoms with Gasteiger partial charge < -0.3 is 9.94 Å². The number of rotatable bonds is 3. The number of hydrogen-bond acceptors (Lipinski definition) is 3. The van der Waals surface area contributed by atoms with Crippen LogP contribution in [0.1, 0.15) is 23.6 Å². The largest absolute Gasteiger partial charge is 0.399 e. The van der Waals surface area contributed by atoms with E-state index >= 15 is 0 Å². The van der Waals surface area contributed by atoms with Crippen LogP contribution in [0.4, 0.5) is 0 Å². The van der Waals surface area contributed by atoms with Crippen molar-refractivity contribution in [3.63, 3.8) is 0 Å². The molecule has 0 heterocycles. The third kappa shape index (κ3) is 2.12. The normalized spacial score (nSPS) is 11.6. The van der Waals surface area contributed by atoms with E-state index in [2.05, 4.69) is 5.16 Å². The van der Waals surface area contributed by atoms with E-state index in [-0.39, 0.29) is 6.61 Å². The van der Waals surface area contributed by atoms with Crippen LogP contribution < -0.4 is 0 Å². The molecular formula is C11H15NO2. The second kappa shape index (κ2) is 4.77. The highest BCUT2D eigenvalue weighted by Crippen LogP contribution is 2.15. The van der Waals surface area contributed by atoms with Gasteiger partial charge in [-0.3, -0.25) is 0 Å². The van der Waals surface area contributed by atoms with E-state index in [1.54, 1.807) is 0 Å². The number of aryl methyl sites for hydroxylation is 1. The zero-order valence-corrected chi connectivity index (χ0v) is 8.74. The van der Waals surface area contributed by atoms with Crippen molar-refractivity contribution in [2.24, 2.45) is 5.16 Å². The van der Waals surface area contributed by atoms with E-state index in [1.165, 1.54) is 7.11 Å². The van der Waals surface area contributed by atoms with Crippen LogP contribution in [-0.2, 0) is 11.4 Å². The van der Waals surface area contributed by atoms with E-state index < -0.39 is 0 Å². The topological polar surface area (TPSA) is 41.8 Å². The fourth-order valence-electron chi connectivity index (χ4n) is 1.44. The monoisotopic (exact) mass is 193 g/mol. The fraction of sp³-hybridized carbons (Fsp3) is 0.364. The van der Waals surface area contributed by atoms with Gasteiger partial charge in [0.2, 0.25) is 0 Å². The number of hydrogen-bond donors (Lipinski definition) is 1. The molecule has 0 fully saturated rings. The molecule has 3 heteroatoms. The highest BCUT2D eigenvalue weighted by atomic mass is 16.6. The van der Waals surface area contributed by atoms with Gasteiger partial charge in [-0.15, -0.1) is 0 Å². The summed E-state index contributed by atoms with van der Waals surface area (Å²) in [5, 5.41) is 13.1. The highest BCUT2D eigenvalue weighted by Gasteiger charge is 2.07. The molecule has 76 valence electrons. The fourth-order valence-corrected chi connectivity index (χ4v) is 1.44. The molecular weight excluding hydrogens is 178 g/mol. The quantitative estimate of drug-likeness (QED) is 0.588. The van der Waals surface area contributed by atoms with Crippen molar-refractivity contribution < 1.29 is 9.94 Å². The summed E-state index contributed by atoms with van der Waals surface area (Å²) in [6, 6.07) is 5.84. The first kappa shape index (κ1) is 10.7. The number of nitrogens with zero attached hydrogens (tertiary/aromatic N) is 1. The predicted molar refractivity (Wildman–Crippen MR) is 56.3 cm³/mol. The summed E-state index contributed by atoms with van der Waals surface area (Å²) in [7, 11) is 1.51. The third-order valence-electron chi connectivity index (χ3n) is 2.19. The van der Waals surface area contributed by atoms with Crippen molar-refractivity contribution in [2.45, 2.75) is 20.5 Å². The van der Waals surface area contributed by atoms with Crippen LogP contribution in [0.3, 0.4) is 0 Å². The van der Waals surface area contributed by atoms with Crippen molar-refractivity contribution in [1.29, 1.82) is 0 Å². The molecule has 1 aromatic carbocycles. The Hall–Kier alpha value is -1.35. The summed E-state index contributed by atoms with van der Waals surface area (Å²) in [6.45, 7) is 3.85. The minimum Gasteiger partial charge on any atom is -0.399 e. The SMILES string of the molecule is CO/N=C(/C)c1cccc(C)c1CO.